The summed E-state index contributed by atoms with van der Waals surface area (Å²) in [5.41, 5.74) is 7.04. The van der Waals surface area contributed by atoms with E-state index in [-0.39, 0.29) is 12.1 Å². The molecule has 3 atom stereocenters. The molecule has 0 aliphatic carbocycles. The van der Waals surface area contributed by atoms with E-state index in [0.29, 0.717) is 18.5 Å². The van der Waals surface area contributed by atoms with E-state index in [1.54, 1.807) is 0 Å². The number of hydrogen-bond donors (Lipinski definition) is 2. The maximum atomic E-state index is 9.59. The Hall–Kier alpha value is -0.900. The quantitative estimate of drug-likeness (QED) is 0.831. The summed E-state index contributed by atoms with van der Waals surface area (Å²) in [6, 6.07) is 10.8. The molecule has 0 spiro atoms. The summed E-state index contributed by atoms with van der Waals surface area (Å²) in [6.07, 6.45) is 0.954. The standard InChI is InChI=1S/C14H22N2O/c1-14(10-17)8-12(9-15)13(16(14)2)11-6-4-3-5-7-11/h3-7,12-13,17H,8-10,15H2,1-2H3/t12-,13-,14-/m0/s1. The van der Waals surface area contributed by atoms with Crippen LogP contribution in [0.15, 0.2) is 30.3 Å². The van der Waals surface area contributed by atoms with Gasteiger partial charge >= 0.3 is 0 Å². The molecule has 0 aromatic heterocycles. The van der Waals surface area contributed by atoms with E-state index in [1.165, 1.54) is 5.56 Å². The molecular formula is C14H22N2O. The minimum atomic E-state index is -0.148. The van der Waals surface area contributed by atoms with E-state index in [9.17, 15) is 5.11 Å². The van der Waals surface area contributed by atoms with Crippen molar-refractivity contribution in [2.45, 2.75) is 24.9 Å². The van der Waals surface area contributed by atoms with Crippen LogP contribution in [0.1, 0.15) is 24.9 Å². The molecule has 0 amide bonds. The van der Waals surface area contributed by atoms with Gasteiger partial charge in [0, 0.05) is 11.6 Å². The highest BCUT2D eigenvalue weighted by Gasteiger charge is 2.46. The van der Waals surface area contributed by atoms with Crippen LogP contribution in [0, 0.1) is 5.92 Å². The normalized spacial score (nSPS) is 34.1. The van der Waals surface area contributed by atoms with Gasteiger partial charge in [-0.1, -0.05) is 30.3 Å². The molecule has 1 aromatic carbocycles. The van der Waals surface area contributed by atoms with Gasteiger partial charge in [-0.05, 0) is 38.4 Å². The zero-order chi connectivity index (χ0) is 12.5. The van der Waals surface area contributed by atoms with Gasteiger partial charge in [-0.25, -0.2) is 0 Å². The number of rotatable bonds is 3. The van der Waals surface area contributed by atoms with Crippen molar-refractivity contribution in [1.82, 2.24) is 4.90 Å². The summed E-state index contributed by atoms with van der Waals surface area (Å²) in [4.78, 5) is 2.28. The van der Waals surface area contributed by atoms with E-state index in [2.05, 4.69) is 43.1 Å². The molecule has 17 heavy (non-hydrogen) atoms. The van der Waals surface area contributed by atoms with Crippen molar-refractivity contribution in [3.05, 3.63) is 35.9 Å². The van der Waals surface area contributed by atoms with Crippen LogP contribution in [-0.4, -0.2) is 35.7 Å². The van der Waals surface area contributed by atoms with Gasteiger partial charge in [-0.3, -0.25) is 4.90 Å². The summed E-state index contributed by atoms with van der Waals surface area (Å²) in [7, 11) is 2.09. The molecule has 1 saturated heterocycles. The highest BCUT2D eigenvalue weighted by atomic mass is 16.3. The smallest absolute Gasteiger partial charge is 0.0613 e. The molecule has 3 N–H and O–H groups in total. The average Bonchev–Trinajstić information content (AvgIpc) is 2.63. The molecule has 1 heterocycles. The van der Waals surface area contributed by atoms with Crippen molar-refractivity contribution in [2.75, 3.05) is 20.2 Å². The number of aliphatic hydroxyl groups is 1. The molecule has 1 aliphatic heterocycles. The molecule has 2 rings (SSSR count). The maximum absolute atomic E-state index is 9.59. The first-order chi connectivity index (χ1) is 8.12. The van der Waals surface area contributed by atoms with Gasteiger partial charge in [0.15, 0.2) is 0 Å². The minimum absolute atomic E-state index is 0.148. The molecule has 94 valence electrons. The third-order valence-corrected chi connectivity index (χ3v) is 4.20. The number of nitrogens with zero attached hydrogens (tertiary/aromatic N) is 1. The van der Waals surface area contributed by atoms with Gasteiger partial charge < -0.3 is 10.8 Å². The lowest BCUT2D eigenvalue weighted by molar-refractivity contribution is 0.0769. The lowest BCUT2D eigenvalue weighted by atomic mass is 9.90. The summed E-state index contributed by atoms with van der Waals surface area (Å²) in [5, 5.41) is 9.59. The van der Waals surface area contributed by atoms with Gasteiger partial charge in [-0.2, -0.15) is 0 Å². The average molecular weight is 234 g/mol. The van der Waals surface area contributed by atoms with Crippen LogP contribution in [0.3, 0.4) is 0 Å². The van der Waals surface area contributed by atoms with E-state index < -0.39 is 0 Å². The molecule has 0 saturated carbocycles. The Labute approximate surface area is 103 Å². The number of nitrogens with two attached hydrogens (primary N) is 1. The molecule has 0 bridgehead atoms. The fourth-order valence-electron chi connectivity index (χ4n) is 3.01. The maximum Gasteiger partial charge on any atom is 0.0613 e. The van der Waals surface area contributed by atoms with Crippen LogP contribution in [0.25, 0.3) is 0 Å². The lowest BCUT2D eigenvalue weighted by Crippen LogP contribution is -2.42. The van der Waals surface area contributed by atoms with E-state index in [1.807, 2.05) is 6.07 Å². The minimum Gasteiger partial charge on any atom is -0.394 e. The van der Waals surface area contributed by atoms with Crippen LogP contribution in [0.4, 0.5) is 0 Å². The van der Waals surface area contributed by atoms with Gasteiger partial charge in [0.05, 0.1) is 6.61 Å². The molecular weight excluding hydrogens is 212 g/mol. The molecule has 1 aliphatic rings. The summed E-state index contributed by atoms with van der Waals surface area (Å²) in [5.74, 6) is 0.416. The molecule has 1 fully saturated rings. The first-order valence-electron chi connectivity index (χ1n) is 6.21. The molecule has 3 heteroatoms. The lowest BCUT2D eigenvalue weighted by Gasteiger charge is -2.34. The van der Waals surface area contributed by atoms with Crippen LogP contribution >= 0.6 is 0 Å². The third kappa shape index (κ3) is 2.10. The number of aliphatic hydroxyl groups excluding tert-OH is 1. The molecule has 0 radical (unpaired) electrons. The van der Waals surface area contributed by atoms with Crippen molar-refractivity contribution in [3.63, 3.8) is 0 Å². The highest BCUT2D eigenvalue weighted by molar-refractivity contribution is 5.23. The van der Waals surface area contributed by atoms with E-state index in [0.717, 1.165) is 6.42 Å². The zero-order valence-corrected chi connectivity index (χ0v) is 10.6. The number of likely N-dealkylation sites (tertiary alicyclic amines) is 1. The van der Waals surface area contributed by atoms with Crippen LogP contribution < -0.4 is 5.73 Å². The topological polar surface area (TPSA) is 49.5 Å². The third-order valence-electron chi connectivity index (χ3n) is 4.20. The highest BCUT2D eigenvalue weighted by Crippen LogP contribution is 2.44. The number of benzene rings is 1. The summed E-state index contributed by atoms with van der Waals surface area (Å²) < 4.78 is 0. The monoisotopic (exact) mass is 234 g/mol. The van der Waals surface area contributed by atoms with E-state index in [4.69, 9.17) is 5.73 Å². The first-order valence-corrected chi connectivity index (χ1v) is 6.21. The number of likely N-dealkylation sites (N-methyl/N-ethyl adjacent to an activating group) is 1. The largest absolute Gasteiger partial charge is 0.394 e. The molecule has 1 aromatic rings. The first kappa shape index (κ1) is 12.6. The zero-order valence-electron chi connectivity index (χ0n) is 10.6. The fourth-order valence-corrected chi connectivity index (χ4v) is 3.01. The predicted molar refractivity (Wildman–Crippen MR) is 69.6 cm³/mol. The second-order valence-electron chi connectivity index (χ2n) is 5.32. The van der Waals surface area contributed by atoms with Gasteiger partial charge in [0.1, 0.15) is 0 Å². The Kier molecular flexibility index (Phi) is 3.52. The fraction of sp³-hybridized carbons (Fsp3) is 0.571. The Bertz CT molecular complexity index is 368. The Morgan fingerprint density at radius 1 is 1.41 bits per heavy atom. The molecule has 0 unspecified atom stereocenters. The Morgan fingerprint density at radius 2 is 2.06 bits per heavy atom. The van der Waals surface area contributed by atoms with Crippen molar-refractivity contribution >= 4 is 0 Å². The van der Waals surface area contributed by atoms with E-state index >= 15 is 0 Å². The number of hydrogen-bond acceptors (Lipinski definition) is 3. The van der Waals surface area contributed by atoms with Crippen molar-refractivity contribution in [2.24, 2.45) is 11.7 Å². The predicted octanol–water partition coefficient (Wildman–Crippen LogP) is 1.39. The second kappa shape index (κ2) is 4.77. The van der Waals surface area contributed by atoms with Crippen molar-refractivity contribution in [1.29, 1.82) is 0 Å². The van der Waals surface area contributed by atoms with Crippen LogP contribution in [0.2, 0.25) is 0 Å². The summed E-state index contributed by atoms with van der Waals surface area (Å²) >= 11 is 0. The Balaban J connectivity index is 2.32. The Morgan fingerprint density at radius 3 is 2.59 bits per heavy atom. The van der Waals surface area contributed by atoms with Crippen molar-refractivity contribution < 1.29 is 5.11 Å². The van der Waals surface area contributed by atoms with Gasteiger partial charge in [0.2, 0.25) is 0 Å². The van der Waals surface area contributed by atoms with Gasteiger partial charge in [0.25, 0.3) is 0 Å². The second-order valence-corrected chi connectivity index (χ2v) is 5.32. The molecule has 3 nitrogen and oxygen atoms in total. The van der Waals surface area contributed by atoms with Gasteiger partial charge in [-0.15, -0.1) is 0 Å². The van der Waals surface area contributed by atoms with Crippen molar-refractivity contribution in [3.8, 4) is 0 Å². The summed E-state index contributed by atoms with van der Waals surface area (Å²) in [6.45, 7) is 2.96. The SMILES string of the molecule is CN1[C@@H](c2ccccc2)[C@H](CN)C[C@@]1(C)CO. The van der Waals surface area contributed by atoms with Crippen LogP contribution in [-0.2, 0) is 0 Å². The van der Waals surface area contributed by atoms with Crippen LogP contribution in [0.5, 0.6) is 0 Å².